The Labute approximate surface area is 110 Å². The van der Waals surface area contributed by atoms with Gasteiger partial charge in [-0.1, -0.05) is 6.08 Å². The zero-order chi connectivity index (χ0) is 13.9. The van der Waals surface area contributed by atoms with Crippen LogP contribution in [0.25, 0.3) is 0 Å². The van der Waals surface area contributed by atoms with Crippen molar-refractivity contribution in [1.29, 1.82) is 0 Å². The Morgan fingerprint density at radius 2 is 2.21 bits per heavy atom. The summed E-state index contributed by atoms with van der Waals surface area (Å²) in [5.74, 6) is 0.818. The van der Waals surface area contributed by atoms with Crippen molar-refractivity contribution in [3.05, 3.63) is 35.3 Å². The van der Waals surface area contributed by atoms with E-state index in [2.05, 4.69) is 5.32 Å². The lowest BCUT2D eigenvalue weighted by Crippen LogP contribution is -2.31. The highest BCUT2D eigenvalue weighted by Crippen LogP contribution is 2.30. The van der Waals surface area contributed by atoms with Gasteiger partial charge in [-0.2, -0.15) is 13.2 Å². The number of alkyl halides is 3. The first-order chi connectivity index (χ1) is 9.00. The number of nitrogens with zero attached hydrogens (tertiary/aromatic N) is 1. The van der Waals surface area contributed by atoms with Crippen molar-refractivity contribution in [2.75, 3.05) is 20.1 Å². The maximum absolute atomic E-state index is 12.5. The first-order valence-corrected chi connectivity index (χ1v) is 6.19. The second-order valence-corrected chi connectivity index (χ2v) is 4.61. The van der Waals surface area contributed by atoms with Gasteiger partial charge in [-0.15, -0.1) is 0 Å². The van der Waals surface area contributed by atoms with E-state index >= 15 is 0 Å². The fourth-order valence-electron chi connectivity index (χ4n) is 2.17. The van der Waals surface area contributed by atoms with Crippen molar-refractivity contribution in [1.82, 2.24) is 10.2 Å². The maximum Gasteiger partial charge on any atom is 0.412 e. The van der Waals surface area contributed by atoms with Crippen LogP contribution in [-0.4, -0.2) is 31.2 Å². The summed E-state index contributed by atoms with van der Waals surface area (Å²) in [6.07, 6.45) is -1.26. The number of hydrogen-bond donors (Lipinski definition) is 1. The van der Waals surface area contributed by atoms with Gasteiger partial charge < -0.3 is 9.73 Å². The van der Waals surface area contributed by atoms with Crippen LogP contribution >= 0.6 is 0 Å². The molecule has 1 aromatic rings. The SMILES string of the molecule is CNCc1ccoc1CN1CC=C(C(F)(F)F)CC1. The van der Waals surface area contributed by atoms with Gasteiger partial charge in [0, 0.05) is 30.8 Å². The zero-order valence-electron chi connectivity index (χ0n) is 10.8. The van der Waals surface area contributed by atoms with Gasteiger partial charge in [0.05, 0.1) is 12.8 Å². The number of rotatable bonds is 4. The molecule has 0 amide bonds. The molecule has 0 saturated heterocycles. The summed E-state index contributed by atoms with van der Waals surface area (Å²) in [5.41, 5.74) is 0.631. The van der Waals surface area contributed by atoms with Gasteiger partial charge in [-0.3, -0.25) is 4.90 Å². The highest BCUT2D eigenvalue weighted by atomic mass is 19.4. The fraction of sp³-hybridized carbons (Fsp3) is 0.538. The monoisotopic (exact) mass is 274 g/mol. The van der Waals surface area contributed by atoms with Crippen LogP contribution < -0.4 is 5.32 Å². The lowest BCUT2D eigenvalue weighted by molar-refractivity contribution is -0.0961. The molecule has 0 aromatic carbocycles. The molecule has 0 spiro atoms. The number of furan rings is 1. The fourth-order valence-corrected chi connectivity index (χ4v) is 2.17. The molecule has 0 bridgehead atoms. The highest BCUT2D eigenvalue weighted by Gasteiger charge is 2.34. The van der Waals surface area contributed by atoms with Crippen molar-refractivity contribution >= 4 is 0 Å². The summed E-state index contributed by atoms with van der Waals surface area (Å²) in [6, 6.07) is 1.88. The van der Waals surface area contributed by atoms with Gasteiger partial charge >= 0.3 is 6.18 Å². The van der Waals surface area contributed by atoms with E-state index in [1.807, 2.05) is 18.0 Å². The van der Waals surface area contributed by atoms with E-state index < -0.39 is 11.7 Å². The Morgan fingerprint density at radius 1 is 1.42 bits per heavy atom. The summed E-state index contributed by atoms with van der Waals surface area (Å²) in [7, 11) is 1.84. The molecule has 0 radical (unpaired) electrons. The third kappa shape index (κ3) is 3.61. The molecule has 3 nitrogen and oxygen atoms in total. The van der Waals surface area contributed by atoms with Gasteiger partial charge in [-0.05, 0) is 19.5 Å². The molecule has 1 aliphatic rings. The van der Waals surface area contributed by atoms with Crippen molar-refractivity contribution in [3.8, 4) is 0 Å². The summed E-state index contributed by atoms with van der Waals surface area (Å²) in [5, 5.41) is 3.04. The van der Waals surface area contributed by atoms with Crippen LogP contribution in [0.3, 0.4) is 0 Å². The second kappa shape index (κ2) is 5.79. The maximum atomic E-state index is 12.5. The molecule has 1 aliphatic heterocycles. The first-order valence-electron chi connectivity index (χ1n) is 6.19. The van der Waals surface area contributed by atoms with Crippen LogP contribution in [-0.2, 0) is 13.1 Å². The van der Waals surface area contributed by atoms with E-state index in [-0.39, 0.29) is 6.42 Å². The minimum absolute atomic E-state index is 0.0472. The van der Waals surface area contributed by atoms with Crippen LogP contribution in [0.1, 0.15) is 17.7 Å². The standard InChI is InChI=1S/C13H17F3N2O/c1-17-8-10-4-7-19-12(10)9-18-5-2-11(3-6-18)13(14,15)16/h2,4,7,17H,3,5-6,8-9H2,1H3. The average molecular weight is 274 g/mol. The van der Waals surface area contributed by atoms with Crippen LogP contribution in [0.15, 0.2) is 28.4 Å². The third-order valence-electron chi connectivity index (χ3n) is 3.23. The van der Waals surface area contributed by atoms with Crippen LogP contribution in [0.5, 0.6) is 0 Å². The number of hydrogen-bond acceptors (Lipinski definition) is 3. The molecule has 2 heterocycles. The first kappa shape index (κ1) is 14.1. The van der Waals surface area contributed by atoms with Gasteiger partial charge in [0.25, 0.3) is 0 Å². The quantitative estimate of drug-likeness (QED) is 0.856. The summed E-state index contributed by atoms with van der Waals surface area (Å²) < 4.78 is 42.9. The van der Waals surface area contributed by atoms with Crippen LogP contribution in [0.4, 0.5) is 13.2 Å². The summed E-state index contributed by atoms with van der Waals surface area (Å²) in [6.45, 7) is 1.97. The Hall–Kier alpha value is -1.27. The molecule has 2 rings (SSSR count). The summed E-state index contributed by atoms with van der Waals surface area (Å²) in [4.78, 5) is 1.95. The predicted molar refractivity (Wildman–Crippen MR) is 65.5 cm³/mol. The second-order valence-electron chi connectivity index (χ2n) is 4.61. The van der Waals surface area contributed by atoms with Crippen molar-refractivity contribution in [2.45, 2.75) is 25.7 Å². The predicted octanol–water partition coefficient (Wildman–Crippen LogP) is 2.69. The molecular formula is C13H17F3N2O. The van der Waals surface area contributed by atoms with E-state index in [0.717, 1.165) is 11.3 Å². The van der Waals surface area contributed by atoms with Crippen molar-refractivity contribution < 1.29 is 17.6 Å². The van der Waals surface area contributed by atoms with Gasteiger partial charge in [0.15, 0.2) is 0 Å². The molecule has 0 unspecified atom stereocenters. The molecule has 0 saturated carbocycles. The molecule has 19 heavy (non-hydrogen) atoms. The molecule has 0 fully saturated rings. The largest absolute Gasteiger partial charge is 0.468 e. The minimum atomic E-state index is -4.19. The lowest BCUT2D eigenvalue weighted by Gasteiger charge is -2.26. The topological polar surface area (TPSA) is 28.4 Å². The molecule has 106 valence electrons. The third-order valence-corrected chi connectivity index (χ3v) is 3.23. The highest BCUT2D eigenvalue weighted by molar-refractivity contribution is 5.18. The van der Waals surface area contributed by atoms with Crippen molar-refractivity contribution in [2.24, 2.45) is 0 Å². The molecule has 0 aliphatic carbocycles. The normalized spacial score (nSPS) is 17.6. The van der Waals surface area contributed by atoms with Gasteiger partial charge in [0.2, 0.25) is 0 Å². The Balaban J connectivity index is 1.95. The van der Waals surface area contributed by atoms with E-state index in [1.54, 1.807) is 6.26 Å². The van der Waals surface area contributed by atoms with Crippen LogP contribution in [0.2, 0.25) is 0 Å². The van der Waals surface area contributed by atoms with Gasteiger partial charge in [-0.25, -0.2) is 0 Å². The molecule has 6 heteroatoms. The Bertz CT molecular complexity index is 451. The van der Waals surface area contributed by atoms with E-state index in [4.69, 9.17) is 4.42 Å². The Kier molecular flexibility index (Phi) is 4.31. The lowest BCUT2D eigenvalue weighted by atomic mass is 10.1. The van der Waals surface area contributed by atoms with E-state index in [0.29, 0.717) is 26.2 Å². The van der Waals surface area contributed by atoms with Crippen LogP contribution in [0, 0.1) is 0 Å². The molecular weight excluding hydrogens is 257 g/mol. The Morgan fingerprint density at radius 3 is 2.79 bits per heavy atom. The average Bonchev–Trinajstić information content (AvgIpc) is 2.77. The minimum Gasteiger partial charge on any atom is -0.468 e. The van der Waals surface area contributed by atoms with E-state index in [9.17, 15) is 13.2 Å². The molecule has 0 atom stereocenters. The molecule has 1 N–H and O–H groups in total. The zero-order valence-corrected chi connectivity index (χ0v) is 10.8. The van der Waals surface area contributed by atoms with E-state index in [1.165, 1.54) is 6.08 Å². The number of halogens is 3. The smallest absolute Gasteiger partial charge is 0.412 e. The molecule has 1 aromatic heterocycles. The summed E-state index contributed by atoms with van der Waals surface area (Å²) >= 11 is 0. The number of nitrogens with one attached hydrogen (secondary N) is 1. The van der Waals surface area contributed by atoms with Crippen molar-refractivity contribution in [3.63, 3.8) is 0 Å². The van der Waals surface area contributed by atoms with Gasteiger partial charge in [0.1, 0.15) is 5.76 Å².